The molecule has 1 fully saturated rings. The largest absolute Gasteiger partial charge is 0.506 e. The van der Waals surface area contributed by atoms with Crippen molar-refractivity contribution in [3.05, 3.63) is 24.3 Å². The van der Waals surface area contributed by atoms with Crippen LogP contribution in [0.2, 0.25) is 0 Å². The fourth-order valence-corrected chi connectivity index (χ4v) is 4.28. The fraction of sp³-hybridized carbons (Fsp3) is 0.467. The lowest BCUT2D eigenvalue weighted by molar-refractivity contribution is -0.145. The van der Waals surface area contributed by atoms with Crippen LogP contribution >= 0.6 is 0 Å². The van der Waals surface area contributed by atoms with Crippen LogP contribution in [0.3, 0.4) is 0 Å². The van der Waals surface area contributed by atoms with Crippen LogP contribution in [0, 0.1) is 0 Å². The number of amides is 2. The number of hydrogen-bond acceptors (Lipinski definition) is 6. The van der Waals surface area contributed by atoms with Crippen molar-refractivity contribution in [2.45, 2.75) is 12.5 Å². The summed E-state index contributed by atoms with van der Waals surface area (Å²) >= 11 is 0. The summed E-state index contributed by atoms with van der Waals surface area (Å²) in [5.41, 5.74) is 0.113. The number of anilines is 1. The molecular weight excluding hydrogens is 336 g/mol. The third kappa shape index (κ3) is 4.45. The monoisotopic (exact) mass is 356 g/mol. The molecule has 0 saturated carbocycles. The summed E-state index contributed by atoms with van der Waals surface area (Å²) in [7, 11) is -1.74. The Morgan fingerprint density at radius 1 is 1.38 bits per heavy atom. The summed E-state index contributed by atoms with van der Waals surface area (Å²) in [6.45, 7) is 0.301. The number of sulfone groups is 1. The number of benzene rings is 1. The third-order valence-corrected chi connectivity index (χ3v) is 5.54. The highest BCUT2D eigenvalue weighted by Gasteiger charge is 2.36. The Balaban J connectivity index is 2.12. The fourth-order valence-electron chi connectivity index (χ4n) is 2.55. The highest BCUT2D eigenvalue weighted by molar-refractivity contribution is 7.91. The van der Waals surface area contributed by atoms with E-state index in [0.29, 0.717) is 6.42 Å². The molecule has 1 aliphatic rings. The molecule has 132 valence electrons. The third-order valence-electron chi connectivity index (χ3n) is 3.79. The van der Waals surface area contributed by atoms with Crippen molar-refractivity contribution in [3.63, 3.8) is 0 Å². The summed E-state index contributed by atoms with van der Waals surface area (Å²) < 4.78 is 28.2. The zero-order chi connectivity index (χ0) is 17.7. The molecule has 8 nitrogen and oxygen atoms in total. The van der Waals surface area contributed by atoms with E-state index < -0.39 is 27.7 Å². The molecule has 2 N–H and O–H groups in total. The number of phenolic OH excluding ortho intramolecular Hbond substituents is 1. The molecule has 1 aromatic carbocycles. The average molecular weight is 356 g/mol. The number of para-hydroxylation sites is 2. The molecule has 0 aliphatic carbocycles. The molecule has 1 heterocycles. The molecule has 2 rings (SSSR count). The maximum absolute atomic E-state index is 12.4. The highest BCUT2D eigenvalue weighted by atomic mass is 32.2. The van der Waals surface area contributed by atoms with Crippen LogP contribution in [0.25, 0.3) is 0 Å². The number of rotatable bonds is 5. The Labute approximate surface area is 140 Å². The molecule has 1 aromatic rings. The van der Waals surface area contributed by atoms with Crippen LogP contribution in [-0.2, 0) is 24.2 Å². The van der Waals surface area contributed by atoms with Gasteiger partial charge in [-0.3, -0.25) is 9.59 Å². The first-order valence-corrected chi connectivity index (χ1v) is 9.25. The molecule has 24 heavy (non-hydrogen) atoms. The minimum Gasteiger partial charge on any atom is -0.506 e. The van der Waals surface area contributed by atoms with E-state index in [1.54, 1.807) is 12.1 Å². The first kappa shape index (κ1) is 18.2. The lowest BCUT2D eigenvalue weighted by Gasteiger charge is -2.27. The lowest BCUT2D eigenvalue weighted by Crippen LogP contribution is -2.47. The predicted octanol–water partition coefficient (Wildman–Crippen LogP) is -0.00720. The quantitative estimate of drug-likeness (QED) is 0.567. The maximum atomic E-state index is 12.4. The van der Waals surface area contributed by atoms with Gasteiger partial charge in [0.1, 0.15) is 5.75 Å². The second-order valence-corrected chi connectivity index (χ2v) is 7.75. The van der Waals surface area contributed by atoms with Crippen molar-refractivity contribution in [1.82, 2.24) is 4.90 Å². The molecule has 1 saturated heterocycles. The summed E-state index contributed by atoms with van der Waals surface area (Å²) in [5.74, 6) is -2.11. The molecule has 2 amide bonds. The van der Waals surface area contributed by atoms with E-state index in [1.807, 2.05) is 0 Å². The Morgan fingerprint density at radius 3 is 2.67 bits per heavy atom. The number of nitrogens with zero attached hydrogens (tertiary/aromatic N) is 1. The minimum atomic E-state index is -3.20. The number of ether oxygens (including phenoxy) is 1. The van der Waals surface area contributed by atoms with Gasteiger partial charge in [-0.1, -0.05) is 12.1 Å². The van der Waals surface area contributed by atoms with Crippen molar-refractivity contribution in [2.75, 3.05) is 37.1 Å². The molecule has 0 bridgehead atoms. The van der Waals surface area contributed by atoms with E-state index in [9.17, 15) is 23.1 Å². The van der Waals surface area contributed by atoms with Crippen LogP contribution in [0.4, 0.5) is 5.69 Å². The molecule has 0 spiro atoms. The smallest absolute Gasteiger partial charge is 0.314 e. The summed E-state index contributed by atoms with van der Waals surface area (Å²) in [6, 6.07) is 5.48. The van der Waals surface area contributed by atoms with E-state index in [-0.39, 0.29) is 36.1 Å². The standard InChI is InChI=1S/C15H20N2O6S/c1-23-8-7-17(11-6-9-24(21,22)10-11)15(20)14(19)16-12-4-2-3-5-13(12)18/h2-5,11,18H,6-10H2,1H3,(H,16,19). The van der Waals surface area contributed by atoms with E-state index in [1.165, 1.54) is 24.1 Å². The van der Waals surface area contributed by atoms with Gasteiger partial charge in [-0.2, -0.15) is 0 Å². The van der Waals surface area contributed by atoms with Gasteiger partial charge in [-0.25, -0.2) is 8.42 Å². The van der Waals surface area contributed by atoms with Gasteiger partial charge < -0.3 is 20.1 Å². The Bertz CT molecular complexity index is 718. The number of carbonyl (C=O) groups is 2. The zero-order valence-corrected chi connectivity index (χ0v) is 14.1. The van der Waals surface area contributed by atoms with Crippen LogP contribution < -0.4 is 5.32 Å². The first-order valence-electron chi connectivity index (χ1n) is 7.43. The molecule has 0 aromatic heterocycles. The molecule has 1 unspecified atom stereocenters. The van der Waals surface area contributed by atoms with Gasteiger partial charge in [-0.05, 0) is 18.6 Å². The highest BCUT2D eigenvalue weighted by Crippen LogP contribution is 2.22. The lowest BCUT2D eigenvalue weighted by atomic mass is 10.2. The van der Waals surface area contributed by atoms with E-state index in [0.717, 1.165) is 0 Å². The number of carbonyl (C=O) groups excluding carboxylic acids is 2. The number of nitrogens with one attached hydrogen (secondary N) is 1. The van der Waals surface area contributed by atoms with Gasteiger partial charge in [0.15, 0.2) is 9.84 Å². The Morgan fingerprint density at radius 2 is 2.08 bits per heavy atom. The SMILES string of the molecule is COCCN(C(=O)C(=O)Nc1ccccc1O)C1CCS(=O)(=O)C1. The van der Waals surface area contributed by atoms with Crippen molar-refractivity contribution < 1.29 is 27.9 Å². The van der Waals surface area contributed by atoms with Crippen molar-refractivity contribution in [1.29, 1.82) is 0 Å². The van der Waals surface area contributed by atoms with Crippen LogP contribution in [0.5, 0.6) is 5.75 Å². The van der Waals surface area contributed by atoms with E-state index in [2.05, 4.69) is 5.32 Å². The van der Waals surface area contributed by atoms with Crippen LogP contribution in [-0.4, -0.2) is 68.0 Å². The summed E-state index contributed by atoms with van der Waals surface area (Å²) in [6.07, 6.45) is 0.293. The van der Waals surface area contributed by atoms with Crippen LogP contribution in [0.15, 0.2) is 24.3 Å². The Kier molecular flexibility index (Phi) is 5.79. The van der Waals surface area contributed by atoms with E-state index in [4.69, 9.17) is 4.74 Å². The van der Waals surface area contributed by atoms with Crippen molar-refractivity contribution in [3.8, 4) is 5.75 Å². The van der Waals surface area contributed by atoms with Crippen LogP contribution in [0.1, 0.15) is 6.42 Å². The predicted molar refractivity (Wildman–Crippen MR) is 87.4 cm³/mol. The number of methoxy groups -OCH3 is 1. The topological polar surface area (TPSA) is 113 Å². The average Bonchev–Trinajstić information content (AvgIpc) is 2.89. The van der Waals surface area contributed by atoms with Gasteiger partial charge in [0.05, 0.1) is 23.8 Å². The summed E-state index contributed by atoms with van der Waals surface area (Å²) in [5, 5.41) is 12.0. The van der Waals surface area contributed by atoms with Gasteiger partial charge in [-0.15, -0.1) is 0 Å². The van der Waals surface area contributed by atoms with Gasteiger partial charge in [0, 0.05) is 19.7 Å². The molecular formula is C15H20N2O6S. The van der Waals surface area contributed by atoms with Crippen molar-refractivity contribution >= 4 is 27.3 Å². The number of phenols is 1. The van der Waals surface area contributed by atoms with E-state index >= 15 is 0 Å². The molecule has 9 heteroatoms. The second kappa shape index (κ2) is 7.63. The number of hydrogen-bond donors (Lipinski definition) is 2. The normalized spacial score (nSPS) is 19.0. The zero-order valence-electron chi connectivity index (χ0n) is 13.3. The second-order valence-electron chi connectivity index (χ2n) is 5.52. The minimum absolute atomic E-state index is 0.00444. The van der Waals surface area contributed by atoms with Gasteiger partial charge in [0.2, 0.25) is 0 Å². The number of aromatic hydroxyl groups is 1. The molecule has 0 radical (unpaired) electrons. The van der Waals surface area contributed by atoms with Gasteiger partial charge >= 0.3 is 11.8 Å². The summed E-state index contributed by atoms with van der Waals surface area (Å²) in [4.78, 5) is 25.9. The van der Waals surface area contributed by atoms with Gasteiger partial charge in [0.25, 0.3) is 0 Å². The first-order chi connectivity index (χ1) is 11.3. The Hall–Kier alpha value is -2.13. The molecule has 1 atom stereocenters. The van der Waals surface area contributed by atoms with Crippen molar-refractivity contribution in [2.24, 2.45) is 0 Å². The maximum Gasteiger partial charge on any atom is 0.314 e. The molecule has 1 aliphatic heterocycles.